The van der Waals surface area contributed by atoms with E-state index in [4.69, 9.17) is 4.42 Å². The molecule has 12 aromatic rings. The normalized spacial score (nSPS) is 13.2. The van der Waals surface area contributed by atoms with Crippen molar-refractivity contribution in [3.63, 3.8) is 0 Å². The van der Waals surface area contributed by atoms with Gasteiger partial charge in [0.05, 0.1) is 5.41 Å². The zero-order chi connectivity index (χ0) is 41.2. The molecule has 0 amide bonds. The van der Waals surface area contributed by atoms with Gasteiger partial charge in [0, 0.05) is 27.8 Å². The van der Waals surface area contributed by atoms with E-state index < -0.39 is 5.41 Å². The van der Waals surface area contributed by atoms with Crippen molar-refractivity contribution >= 4 is 71.3 Å². The molecule has 0 radical (unpaired) electrons. The third-order valence-electron chi connectivity index (χ3n) is 14.1. The Morgan fingerprint density at radius 3 is 1.37 bits per heavy atom. The van der Waals surface area contributed by atoms with E-state index in [2.05, 4.69) is 223 Å². The Morgan fingerprint density at radius 1 is 0.286 bits per heavy atom. The van der Waals surface area contributed by atoms with E-state index in [1.807, 2.05) is 6.07 Å². The van der Waals surface area contributed by atoms with E-state index >= 15 is 0 Å². The Hall–Kier alpha value is -8.20. The minimum absolute atomic E-state index is 0.449. The van der Waals surface area contributed by atoms with Crippen molar-refractivity contribution in [3.8, 4) is 33.4 Å². The highest BCUT2D eigenvalue weighted by molar-refractivity contribution is 6.26. The van der Waals surface area contributed by atoms with Crippen LogP contribution in [0.2, 0.25) is 0 Å². The van der Waals surface area contributed by atoms with Gasteiger partial charge >= 0.3 is 0 Å². The van der Waals surface area contributed by atoms with Crippen LogP contribution in [0, 0.1) is 0 Å². The fraction of sp³-hybridized carbons (Fsp3) is 0.0164. The molecule has 1 heterocycles. The maximum absolute atomic E-state index is 6.32. The van der Waals surface area contributed by atoms with Crippen LogP contribution in [0.4, 0.5) is 17.1 Å². The summed E-state index contributed by atoms with van der Waals surface area (Å²) in [5, 5.41) is 9.85. The number of benzene rings is 11. The molecular formula is C61H37NO. The van der Waals surface area contributed by atoms with E-state index in [-0.39, 0.29) is 0 Å². The first-order valence-electron chi connectivity index (χ1n) is 21.8. The number of furan rings is 1. The van der Waals surface area contributed by atoms with Gasteiger partial charge in [0.2, 0.25) is 0 Å². The SMILES string of the molecule is c1ccc2c(c1)-c1ccccc1C21c2ccccc2-c2ccc(N(c3ccc(-c4cccc5oc6ccccc6c45)cc3)c3ccc4c5ccccc5c5ccccc5c4c3)cc21. The Bertz CT molecular complexity index is 3770. The van der Waals surface area contributed by atoms with Crippen molar-refractivity contribution in [1.29, 1.82) is 0 Å². The predicted octanol–water partition coefficient (Wildman–Crippen LogP) is 16.5. The Morgan fingerprint density at radius 2 is 0.730 bits per heavy atom. The van der Waals surface area contributed by atoms with E-state index in [1.54, 1.807) is 0 Å². The molecule has 2 heteroatoms. The molecule has 63 heavy (non-hydrogen) atoms. The van der Waals surface area contributed by atoms with Crippen LogP contribution in [0.3, 0.4) is 0 Å². The summed E-state index contributed by atoms with van der Waals surface area (Å²) >= 11 is 0. The van der Waals surface area contributed by atoms with Crippen LogP contribution in [0.5, 0.6) is 0 Å². The van der Waals surface area contributed by atoms with Crippen molar-refractivity contribution in [3.05, 3.63) is 247 Å². The van der Waals surface area contributed by atoms with Gasteiger partial charge in [-0.2, -0.15) is 0 Å². The molecule has 0 saturated carbocycles. The van der Waals surface area contributed by atoms with Crippen LogP contribution in [0.25, 0.3) is 87.6 Å². The van der Waals surface area contributed by atoms with Gasteiger partial charge in [-0.3, -0.25) is 0 Å². The summed E-state index contributed by atoms with van der Waals surface area (Å²) in [7, 11) is 0. The van der Waals surface area contributed by atoms with Gasteiger partial charge in [0.1, 0.15) is 11.2 Å². The largest absolute Gasteiger partial charge is 0.456 e. The lowest BCUT2D eigenvalue weighted by Crippen LogP contribution is -2.26. The van der Waals surface area contributed by atoms with Crippen LogP contribution in [0.1, 0.15) is 22.3 Å². The monoisotopic (exact) mass is 799 g/mol. The average Bonchev–Trinajstić information content (AvgIpc) is 3.99. The zero-order valence-corrected chi connectivity index (χ0v) is 34.2. The lowest BCUT2D eigenvalue weighted by atomic mass is 9.70. The maximum Gasteiger partial charge on any atom is 0.136 e. The quantitative estimate of drug-likeness (QED) is 0.165. The van der Waals surface area contributed by atoms with Crippen LogP contribution < -0.4 is 4.90 Å². The number of rotatable bonds is 4. The van der Waals surface area contributed by atoms with Gasteiger partial charge in [-0.05, 0) is 136 Å². The van der Waals surface area contributed by atoms with Gasteiger partial charge < -0.3 is 9.32 Å². The minimum atomic E-state index is -0.449. The molecule has 2 aliphatic rings. The van der Waals surface area contributed by atoms with Gasteiger partial charge in [0.15, 0.2) is 0 Å². The summed E-state index contributed by atoms with van der Waals surface area (Å²) < 4.78 is 6.32. The van der Waals surface area contributed by atoms with Gasteiger partial charge in [-0.1, -0.05) is 176 Å². The number of hydrogen-bond donors (Lipinski definition) is 0. The summed E-state index contributed by atoms with van der Waals surface area (Å²) in [6.07, 6.45) is 0. The topological polar surface area (TPSA) is 16.4 Å². The van der Waals surface area contributed by atoms with Crippen LogP contribution in [0.15, 0.2) is 229 Å². The maximum atomic E-state index is 6.32. The summed E-state index contributed by atoms with van der Waals surface area (Å²) in [5.74, 6) is 0. The van der Waals surface area contributed by atoms with Crippen molar-refractivity contribution in [1.82, 2.24) is 0 Å². The molecule has 292 valence electrons. The highest BCUT2D eigenvalue weighted by Gasteiger charge is 2.51. The number of anilines is 3. The molecule has 11 aromatic carbocycles. The number of nitrogens with zero attached hydrogens (tertiary/aromatic N) is 1. The van der Waals surface area contributed by atoms with Gasteiger partial charge in [-0.25, -0.2) is 0 Å². The van der Waals surface area contributed by atoms with Gasteiger partial charge in [0.25, 0.3) is 0 Å². The second kappa shape index (κ2) is 12.9. The highest BCUT2D eigenvalue weighted by atomic mass is 16.3. The molecule has 1 spiro atoms. The van der Waals surface area contributed by atoms with E-state index in [0.29, 0.717) is 0 Å². The predicted molar refractivity (Wildman–Crippen MR) is 263 cm³/mol. The summed E-state index contributed by atoms with van der Waals surface area (Å²) in [5.41, 5.74) is 17.5. The second-order valence-corrected chi connectivity index (χ2v) is 17.1. The molecule has 0 bridgehead atoms. The standard InChI is InChI=1S/C61H37NO/c1-2-16-45-43(14-1)44-15-3-4-17-46(44)53-36-40(32-34-47(45)53)62(39-30-28-38(29-31-39)42-22-13-27-59-60(42)52-21-8-12-26-58(52)63-59)41-33-35-51-50-20-7-11-25-56(50)61(57(51)37-41)54-23-9-5-18-48(54)49-19-6-10-24-55(49)61/h1-37H. The fourth-order valence-corrected chi connectivity index (χ4v) is 11.5. The zero-order valence-electron chi connectivity index (χ0n) is 34.2. The molecule has 0 aliphatic heterocycles. The van der Waals surface area contributed by atoms with Crippen molar-refractivity contribution < 1.29 is 4.42 Å². The molecule has 0 unspecified atom stereocenters. The first-order valence-corrected chi connectivity index (χ1v) is 21.8. The number of hydrogen-bond acceptors (Lipinski definition) is 2. The first-order chi connectivity index (χ1) is 31.3. The average molecular weight is 800 g/mol. The molecule has 0 N–H and O–H groups in total. The van der Waals surface area contributed by atoms with E-state index in [0.717, 1.165) is 50.1 Å². The van der Waals surface area contributed by atoms with Crippen molar-refractivity contribution in [2.75, 3.05) is 4.90 Å². The number of fused-ring (bicyclic) bond motifs is 19. The molecular weight excluding hydrogens is 763 g/mol. The lowest BCUT2D eigenvalue weighted by Gasteiger charge is -2.32. The number of para-hydroxylation sites is 1. The highest BCUT2D eigenvalue weighted by Crippen LogP contribution is 2.63. The molecule has 2 aliphatic carbocycles. The van der Waals surface area contributed by atoms with E-state index in [9.17, 15) is 0 Å². The molecule has 14 rings (SSSR count). The molecule has 0 saturated heterocycles. The van der Waals surface area contributed by atoms with Crippen molar-refractivity contribution in [2.45, 2.75) is 5.41 Å². The van der Waals surface area contributed by atoms with Crippen LogP contribution in [-0.4, -0.2) is 0 Å². The lowest BCUT2D eigenvalue weighted by molar-refractivity contribution is 0.669. The Labute approximate surface area is 364 Å². The molecule has 0 atom stereocenters. The Kier molecular flexibility index (Phi) is 7.07. The minimum Gasteiger partial charge on any atom is -0.456 e. The molecule has 2 nitrogen and oxygen atoms in total. The Balaban J connectivity index is 1.02. The summed E-state index contributed by atoms with van der Waals surface area (Å²) in [4.78, 5) is 2.46. The summed E-state index contributed by atoms with van der Waals surface area (Å²) in [6, 6.07) is 82.9. The van der Waals surface area contributed by atoms with Crippen molar-refractivity contribution in [2.24, 2.45) is 0 Å². The first kappa shape index (κ1) is 34.5. The van der Waals surface area contributed by atoms with Crippen LogP contribution >= 0.6 is 0 Å². The van der Waals surface area contributed by atoms with Gasteiger partial charge in [-0.15, -0.1) is 0 Å². The van der Waals surface area contributed by atoms with E-state index in [1.165, 1.54) is 76.8 Å². The molecule has 1 aromatic heterocycles. The third-order valence-corrected chi connectivity index (χ3v) is 14.1. The second-order valence-electron chi connectivity index (χ2n) is 17.1. The summed E-state index contributed by atoms with van der Waals surface area (Å²) in [6.45, 7) is 0. The fourth-order valence-electron chi connectivity index (χ4n) is 11.5. The smallest absolute Gasteiger partial charge is 0.136 e. The third kappa shape index (κ3) is 4.67. The van der Waals surface area contributed by atoms with Crippen LogP contribution in [-0.2, 0) is 5.41 Å². The molecule has 0 fully saturated rings.